The van der Waals surface area contributed by atoms with Crippen LogP contribution in [-0.2, 0) is 0 Å². The highest BCUT2D eigenvalue weighted by atomic mass is 16.5. The lowest BCUT2D eigenvalue weighted by Crippen LogP contribution is -2.16. The van der Waals surface area contributed by atoms with Crippen molar-refractivity contribution in [1.29, 1.82) is 0 Å². The van der Waals surface area contributed by atoms with Crippen molar-refractivity contribution in [3.63, 3.8) is 0 Å². The number of nitrogens with zero attached hydrogens (tertiary/aromatic N) is 1. The Balaban J connectivity index is 2.13. The first-order valence-corrected chi connectivity index (χ1v) is 7.83. The van der Waals surface area contributed by atoms with Crippen molar-refractivity contribution in [2.45, 2.75) is 26.3 Å². The number of ether oxygens (including phenoxy) is 2. The Morgan fingerprint density at radius 2 is 1.92 bits per heavy atom. The number of amides is 1. The van der Waals surface area contributed by atoms with E-state index in [4.69, 9.17) is 9.47 Å². The highest BCUT2D eigenvalue weighted by Gasteiger charge is 2.11. The Bertz CT molecular complexity index is 704. The molecule has 0 aliphatic heterocycles. The maximum Gasteiger partial charge on any atom is 0.255 e. The van der Waals surface area contributed by atoms with Crippen molar-refractivity contribution < 1.29 is 14.3 Å². The zero-order valence-corrected chi connectivity index (χ0v) is 14.4. The van der Waals surface area contributed by atoms with E-state index in [1.165, 1.54) is 0 Å². The molecule has 0 saturated heterocycles. The topological polar surface area (TPSA) is 72.5 Å². The van der Waals surface area contributed by atoms with Gasteiger partial charge in [-0.1, -0.05) is 6.92 Å². The molecule has 0 bridgehead atoms. The van der Waals surface area contributed by atoms with Crippen LogP contribution in [0.25, 0.3) is 0 Å². The summed E-state index contributed by atoms with van der Waals surface area (Å²) in [5, 5.41) is 6.11. The summed E-state index contributed by atoms with van der Waals surface area (Å²) < 4.78 is 10.4. The fourth-order valence-electron chi connectivity index (χ4n) is 2.12. The van der Waals surface area contributed by atoms with E-state index in [2.05, 4.69) is 29.5 Å². The van der Waals surface area contributed by atoms with Gasteiger partial charge in [-0.3, -0.25) is 4.79 Å². The van der Waals surface area contributed by atoms with Crippen LogP contribution in [0.3, 0.4) is 0 Å². The van der Waals surface area contributed by atoms with Gasteiger partial charge in [0.1, 0.15) is 5.82 Å². The van der Waals surface area contributed by atoms with E-state index in [-0.39, 0.29) is 5.91 Å². The number of benzene rings is 1. The van der Waals surface area contributed by atoms with Gasteiger partial charge in [0.05, 0.1) is 14.2 Å². The van der Waals surface area contributed by atoms with Crippen LogP contribution < -0.4 is 20.1 Å². The summed E-state index contributed by atoms with van der Waals surface area (Å²) >= 11 is 0. The minimum Gasteiger partial charge on any atom is -0.493 e. The third-order valence-corrected chi connectivity index (χ3v) is 3.67. The zero-order valence-electron chi connectivity index (χ0n) is 14.4. The molecule has 6 nitrogen and oxygen atoms in total. The van der Waals surface area contributed by atoms with Gasteiger partial charge in [0.25, 0.3) is 5.91 Å². The fourth-order valence-corrected chi connectivity index (χ4v) is 2.12. The van der Waals surface area contributed by atoms with E-state index in [9.17, 15) is 4.79 Å². The number of pyridine rings is 1. The van der Waals surface area contributed by atoms with Crippen LogP contribution in [0.5, 0.6) is 11.5 Å². The Morgan fingerprint density at radius 1 is 1.17 bits per heavy atom. The number of methoxy groups -OCH3 is 2. The molecule has 1 unspecified atom stereocenters. The van der Waals surface area contributed by atoms with Crippen LogP contribution >= 0.6 is 0 Å². The lowest BCUT2D eigenvalue weighted by atomic mass is 10.2. The first-order valence-electron chi connectivity index (χ1n) is 7.83. The lowest BCUT2D eigenvalue weighted by Gasteiger charge is -2.13. The number of rotatable bonds is 7. The number of nitrogens with one attached hydrogen (secondary N) is 2. The normalized spacial score (nSPS) is 11.5. The maximum absolute atomic E-state index is 12.4. The van der Waals surface area contributed by atoms with Gasteiger partial charge in [0.15, 0.2) is 11.5 Å². The van der Waals surface area contributed by atoms with Crippen LogP contribution in [0.4, 0.5) is 11.5 Å². The smallest absolute Gasteiger partial charge is 0.255 e. The molecule has 2 aromatic rings. The summed E-state index contributed by atoms with van der Waals surface area (Å²) in [6, 6.07) is 8.94. The molecule has 1 aromatic carbocycles. The van der Waals surface area contributed by atoms with Gasteiger partial charge in [-0.25, -0.2) is 4.98 Å². The van der Waals surface area contributed by atoms with Crippen LogP contribution in [0.15, 0.2) is 36.5 Å². The number of anilines is 2. The van der Waals surface area contributed by atoms with Gasteiger partial charge in [-0.15, -0.1) is 0 Å². The fraction of sp³-hybridized carbons (Fsp3) is 0.333. The van der Waals surface area contributed by atoms with Crippen molar-refractivity contribution in [2.75, 3.05) is 24.9 Å². The predicted octanol–water partition coefficient (Wildman–Crippen LogP) is 3.56. The molecule has 2 N–H and O–H groups in total. The lowest BCUT2D eigenvalue weighted by molar-refractivity contribution is 0.102. The van der Waals surface area contributed by atoms with Crippen molar-refractivity contribution in [1.82, 2.24) is 4.98 Å². The standard InChI is InChI=1S/C18H23N3O3/c1-5-12(2)20-17-10-13(8-9-19-17)18(22)21-14-6-7-15(23-3)16(11-14)24-4/h6-12H,5H2,1-4H3,(H,19,20)(H,21,22). The molecular formula is C18H23N3O3. The molecule has 2 rings (SSSR count). The van der Waals surface area contributed by atoms with Gasteiger partial charge < -0.3 is 20.1 Å². The molecule has 0 fully saturated rings. The van der Waals surface area contributed by atoms with Crippen LogP contribution in [0, 0.1) is 0 Å². The number of hydrogen-bond donors (Lipinski definition) is 2. The summed E-state index contributed by atoms with van der Waals surface area (Å²) in [6.45, 7) is 4.16. The van der Waals surface area contributed by atoms with Crippen molar-refractivity contribution >= 4 is 17.4 Å². The van der Waals surface area contributed by atoms with Gasteiger partial charge >= 0.3 is 0 Å². The molecule has 1 heterocycles. The van der Waals surface area contributed by atoms with E-state index < -0.39 is 0 Å². The number of carbonyl (C=O) groups is 1. The SMILES string of the molecule is CCC(C)Nc1cc(C(=O)Nc2ccc(OC)c(OC)c2)ccn1. The monoisotopic (exact) mass is 329 g/mol. The number of hydrogen-bond acceptors (Lipinski definition) is 5. The Morgan fingerprint density at radius 3 is 2.58 bits per heavy atom. The van der Waals surface area contributed by atoms with E-state index >= 15 is 0 Å². The Kier molecular flexibility index (Phi) is 6.01. The summed E-state index contributed by atoms with van der Waals surface area (Å²) in [5.41, 5.74) is 1.16. The molecule has 24 heavy (non-hydrogen) atoms. The quantitative estimate of drug-likeness (QED) is 0.812. The van der Waals surface area contributed by atoms with Gasteiger partial charge in [0, 0.05) is 29.6 Å². The minimum atomic E-state index is -0.211. The van der Waals surface area contributed by atoms with E-state index in [0.717, 1.165) is 6.42 Å². The van der Waals surface area contributed by atoms with E-state index in [1.54, 1.807) is 50.7 Å². The largest absolute Gasteiger partial charge is 0.493 e. The van der Waals surface area contributed by atoms with Crippen molar-refractivity contribution in [3.05, 3.63) is 42.1 Å². The third kappa shape index (κ3) is 4.38. The molecule has 0 radical (unpaired) electrons. The van der Waals surface area contributed by atoms with Gasteiger partial charge in [0.2, 0.25) is 0 Å². The molecule has 1 amide bonds. The highest BCUT2D eigenvalue weighted by Crippen LogP contribution is 2.29. The molecule has 0 saturated carbocycles. The van der Waals surface area contributed by atoms with Crippen molar-refractivity contribution in [2.24, 2.45) is 0 Å². The Hall–Kier alpha value is -2.76. The maximum atomic E-state index is 12.4. The molecule has 1 aromatic heterocycles. The molecule has 1 atom stereocenters. The van der Waals surface area contributed by atoms with Crippen LogP contribution in [0.2, 0.25) is 0 Å². The summed E-state index contributed by atoms with van der Waals surface area (Å²) in [6.07, 6.45) is 2.60. The van der Waals surface area contributed by atoms with Crippen LogP contribution in [0.1, 0.15) is 30.6 Å². The third-order valence-electron chi connectivity index (χ3n) is 3.67. The molecule has 6 heteroatoms. The Labute approximate surface area is 142 Å². The first-order chi connectivity index (χ1) is 11.6. The molecule has 128 valence electrons. The minimum absolute atomic E-state index is 0.211. The van der Waals surface area contributed by atoms with Gasteiger partial charge in [-0.2, -0.15) is 0 Å². The summed E-state index contributed by atoms with van der Waals surface area (Å²) in [4.78, 5) is 16.7. The number of carbonyl (C=O) groups excluding carboxylic acids is 1. The number of aromatic nitrogens is 1. The summed E-state index contributed by atoms with van der Waals surface area (Å²) in [7, 11) is 3.12. The average Bonchev–Trinajstić information content (AvgIpc) is 2.61. The van der Waals surface area contributed by atoms with E-state index in [0.29, 0.717) is 34.6 Å². The van der Waals surface area contributed by atoms with Gasteiger partial charge in [-0.05, 0) is 37.6 Å². The molecule has 0 aliphatic rings. The highest BCUT2D eigenvalue weighted by molar-refractivity contribution is 6.04. The zero-order chi connectivity index (χ0) is 17.5. The summed E-state index contributed by atoms with van der Waals surface area (Å²) in [5.74, 6) is 1.64. The molecule has 0 aliphatic carbocycles. The van der Waals surface area contributed by atoms with Crippen molar-refractivity contribution in [3.8, 4) is 11.5 Å². The average molecular weight is 329 g/mol. The predicted molar refractivity (Wildman–Crippen MR) is 95.1 cm³/mol. The second-order valence-corrected chi connectivity index (χ2v) is 5.41. The first kappa shape index (κ1) is 17.6. The molecular weight excluding hydrogens is 306 g/mol. The second kappa shape index (κ2) is 8.19. The molecule has 0 spiro atoms. The second-order valence-electron chi connectivity index (χ2n) is 5.41. The van der Waals surface area contributed by atoms with E-state index in [1.807, 2.05) is 0 Å². The van der Waals surface area contributed by atoms with Crippen LogP contribution in [-0.4, -0.2) is 31.2 Å².